The number of nitrogens with one attached hydrogen (secondary N) is 2. The molecule has 4 atom stereocenters. The number of hydrogen-bond donors (Lipinski definition) is 4. The topological polar surface area (TPSA) is 169 Å². The summed E-state index contributed by atoms with van der Waals surface area (Å²) in [6, 6.07) is 19.0. The van der Waals surface area contributed by atoms with Crippen molar-refractivity contribution < 1.29 is 24.5 Å². The Kier molecular flexibility index (Phi) is 9.04. The Hall–Kier alpha value is -5.14. The molecule has 0 spiro atoms. The van der Waals surface area contributed by atoms with Gasteiger partial charge in [-0.2, -0.15) is 15.1 Å². The molecule has 1 aliphatic rings. The molecule has 0 unspecified atom stereocenters. The number of aliphatic hydroxyl groups is 2. The van der Waals surface area contributed by atoms with E-state index in [2.05, 4.69) is 45.0 Å². The molecule has 3 aromatic heterocycles. The van der Waals surface area contributed by atoms with Gasteiger partial charge in [0, 0.05) is 25.1 Å². The van der Waals surface area contributed by atoms with Gasteiger partial charge >= 0.3 is 5.97 Å². The number of nitrogens with zero attached hydrogens (tertiary/aromatic N) is 6. The first-order valence-electron chi connectivity index (χ1n) is 15.3. The van der Waals surface area contributed by atoms with Crippen molar-refractivity contribution in [2.24, 2.45) is 0 Å². The Morgan fingerprint density at radius 2 is 1.70 bits per heavy atom. The van der Waals surface area contributed by atoms with Crippen LogP contribution in [0.2, 0.25) is 0 Å². The van der Waals surface area contributed by atoms with Crippen LogP contribution in [0.25, 0.3) is 17.1 Å². The summed E-state index contributed by atoms with van der Waals surface area (Å²) < 4.78 is 8.19. The van der Waals surface area contributed by atoms with Crippen molar-refractivity contribution >= 4 is 28.9 Å². The minimum atomic E-state index is -1.19. The summed E-state index contributed by atoms with van der Waals surface area (Å²) in [6.07, 6.45) is 2.59. The molecule has 0 saturated heterocycles. The van der Waals surface area contributed by atoms with Crippen LogP contribution >= 0.6 is 0 Å². The van der Waals surface area contributed by atoms with Gasteiger partial charge in [-0.3, -0.25) is 4.79 Å². The molecular formula is C33H36N8O5. The summed E-state index contributed by atoms with van der Waals surface area (Å²) in [5.74, 6) is -0.173. The molecule has 13 heteroatoms. The number of carbonyl (C=O) groups is 2. The number of carbonyl (C=O) groups excluding carboxylic acids is 2. The van der Waals surface area contributed by atoms with Gasteiger partial charge < -0.3 is 30.2 Å². The molecule has 0 aliphatic heterocycles. The minimum Gasteiger partial charge on any atom is -0.462 e. The molecule has 5 aromatic rings. The summed E-state index contributed by atoms with van der Waals surface area (Å²) in [5, 5.41) is 32.5. The predicted molar refractivity (Wildman–Crippen MR) is 170 cm³/mol. The molecule has 4 N–H and O–H groups in total. The van der Waals surface area contributed by atoms with Gasteiger partial charge in [0.05, 0.1) is 36.8 Å². The molecule has 6 rings (SSSR count). The second-order valence-electron chi connectivity index (χ2n) is 11.2. The minimum absolute atomic E-state index is 0.0205. The van der Waals surface area contributed by atoms with E-state index in [9.17, 15) is 19.8 Å². The van der Waals surface area contributed by atoms with E-state index >= 15 is 0 Å². The molecule has 238 valence electrons. The Balaban J connectivity index is 1.40. The number of fused-ring (bicyclic) bond motifs is 1. The molecule has 1 fully saturated rings. The van der Waals surface area contributed by atoms with E-state index < -0.39 is 30.3 Å². The van der Waals surface area contributed by atoms with Crippen molar-refractivity contribution in [3.8, 4) is 5.95 Å². The molecule has 2 aromatic carbocycles. The molecule has 13 nitrogen and oxygen atoms in total. The lowest BCUT2D eigenvalue weighted by atomic mass is 9.91. The smallest absolute Gasteiger partial charge is 0.341 e. The van der Waals surface area contributed by atoms with Crippen molar-refractivity contribution in [2.75, 3.05) is 18.5 Å². The van der Waals surface area contributed by atoms with E-state index in [1.165, 1.54) is 17.1 Å². The Bertz CT molecular complexity index is 1770. The van der Waals surface area contributed by atoms with Crippen LogP contribution in [0.5, 0.6) is 0 Å². The van der Waals surface area contributed by atoms with Gasteiger partial charge in [-0.05, 0) is 24.5 Å². The lowest BCUT2D eigenvalue weighted by molar-refractivity contribution is -0.122. The fraction of sp³-hybridized carbons (Fsp3) is 0.333. The van der Waals surface area contributed by atoms with E-state index in [1.54, 1.807) is 24.7 Å². The average Bonchev–Trinajstić information content (AvgIpc) is 3.81. The number of hydrogen-bond acceptors (Lipinski definition) is 10. The zero-order valence-electron chi connectivity index (χ0n) is 25.5. The van der Waals surface area contributed by atoms with Crippen LogP contribution in [0, 0.1) is 0 Å². The summed E-state index contributed by atoms with van der Waals surface area (Å²) in [5.41, 5.74) is 3.31. The monoisotopic (exact) mass is 624 g/mol. The molecule has 1 saturated carbocycles. The third-order valence-electron chi connectivity index (χ3n) is 8.26. The zero-order chi connectivity index (χ0) is 32.2. The first kappa shape index (κ1) is 30.9. The third kappa shape index (κ3) is 6.19. The summed E-state index contributed by atoms with van der Waals surface area (Å²) in [6.45, 7) is 4.14. The number of esters is 1. The Morgan fingerprint density at radius 3 is 2.35 bits per heavy atom. The highest BCUT2D eigenvalue weighted by Gasteiger charge is 2.43. The van der Waals surface area contributed by atoms with Crippen molar-refractivity contribution in [3.63, 3.8) is 0 Å². The highest BCUT2D eigenvalue weighted by molar-refractivity contribution is 5.89. The van der Waals surface area contributed by atoms with Crippen molar-refractivity contribution in [3.05, 3.63) is 96.1 Å². The van der Waals surface area contributed by atoms with Crippen LogP contribution in [0.3, 0.4) is 0 Å². The van der Waals surface area contributed by atoms with E-state index in [4.69, 9.17) is 14.7 Å². The lowest BCUT2D eigenvalue weighted by Gasteiger charge is -2.20. The Labute approximate surface area is 265 Å². The van der Waals surface area contributed by atoms with Gasteiger partial charge in [-0.15, -0.1) is 0 Å². The van der Waals surface area contributed by atoms with Gasteiger partial charge in [-0.1, -0.05) is 67.6 Å². The second kappa shape index (κ2) is 13.5. The van der Waals surface area contributed by atoms with E-state index in [0.717, 1.165) is 11.1 Å². The van der Waals surface area contributed by atoms with Crippen molar-refractivity contribution in [2.45, 2.75) is 56.9 Å². The predicted octanol–water partition coefficient (Wildman–Crippen LogP) is 2.99. The standard InChI is InChI=1S/C33H36N8O5/c1-3-26(42)37-24-15-25(29(44)28(24)43)40-19-35-27-30(34-17-23(20-11-7-5-8-12-20)21-13-9-6-10-14-21)38-33(39-31(27)40)41-18-22(16-36-41)32(45)46-4-2/h5-14,16,18-19,23-25,28-29,43-44H,3-4,15,17H2,1-2H3,(H,37,42)(H,34,38,39)/t24-,25+,28+,29-/m0/s1. The summed E-state index contributed by atoms with van der Waals surface area (Å²) in [4.78, 5) is 38.6. The first-order chi connectivity index (χ1) is 22.4. The van der Waals surface area contributed by atoms with Crippen LogP contribution in [0.4, 0.5) is 5.82 Å². The van der Waals surface area contributed by atoms with Crippen molar-refractivity contribution in [1.82, 2.24) is 34.6 Å². The fourth-order valence-electron chi connectivity index (χ4n) is 5.86. The number of aliphatic hydroxyl groups excluding tert-OH is 2. The van der Waals surface area contributed by atoms with Gasteiger partial charge in [0.1, 0.15) is 12.2 Å². The fourth-order valence-corrected chi connectivity index (χ4v) is 5.86. The normalized spacial score (nSPS) is 19.4. The molecule has 3 heterocycles. The van der Waals surface area contributed by atoms with Gasteiger partial charge in [-0.25, -0.2) is 14.5 Å². The largest absolute Gasteiger partial charge is 0.462 e. The third-order valence-corrected chi connectivity index (χ3v) is 8.26. The maximum Gasteiger partial charge on any atom is 0.341 e. The number of anilines is 1. The van der Waals surface area contributed by atoms with E-state index in [0.29, 0.717) is 23.5 Å². The maximum atomic E-state index is 12.4. The average molecular weight is 625 g/mol. The maximum absolute atomic E-state index is 12.4. The molecule has 46 heavy (non-hydrogen) atoms. The number of amides is 1. The molecule has 0 radical (unpaired) electrons. The quantitative estimate of drug-likeness (QED) is 0.160. The number of benzene rings is 2. The van der Waals surface area contributed by atoms with Crippen LogP contribution in [-0.4, -0.2) is 82.8 Å². The lowest BCUT2D eigenvalue weighted by Crippen LogP contribution is -2.42. The van der Waals surface area contributed by atoms with E-state index in [-0.39, 0.29) is 42.8 Å². The first-order valence-corrected chi connectivity index (χ1v) is 15.3. The number of rotatable bonds is 11. The van der Waals surface area contributed by atoms with Crippen LogP contribution in [-0.2, 0) is 9.53 Å². The number of ether oxygens (including phenoxy) is 1. The zero-order valence-corrected chi connectivity index (χ0v) is 25.5. The second-order valence-corrected chi connectivity index (χ2v) is 11.2. The SMILES string of the molecule is CCOC(=O)c1cnn(-c2nc(NCC(c3ccccc3)c3ccccc3)c3ncn([C@@H]4C[C@H](NC(=O)CC)[C@@H](O)[C@H]4O)c3n2)c1. The van der Waals surface area contributed by atoms with Crippen LogP contribution in [0.1, 0.15) is 60.1 Å². The van der Waals surface area contributed by atoms with Crippen molar-refractivity contribution in [1.29, 1.82) is 0 Å². The summed E-state index contributed by atoms with van der Waals surface area (Å²) >= 11 is 0. The van der Waals surface area contributed by atoms with Gasteiger partial charge in [0.2, 0.25) is 5.91 Å². The van der Waals surface area contributed by atoms with Gasteiger partial charge in [0.25, 0.3) is 5.95 Å². The summed E-state index contributed by atoms with van der Waals surface area (Å²) in [7, 11) is 0. The molecular weight excluding hydrogens is 588 g/mol. The Morgan fingerprint density at radius 1 is 1.00 bits per heavy atom. The number of aromatic nitrogens is 6. The number of imidazole rings is 1. The molecule has 1 amide bonds. The highest BCUT2D eigenvalue weighted by Crippen LogP contribution is 2.35. The molecule has 0 bridgehead atoms. The molecule has 1 aliphatic carbocycles. The highest BCUT2D eigenvalue weighted by atomic mass is 16.5. The van der Waals surface area contributed by atoms with Crippen LogP contribution in [0.15, 0.2) is 79.4 Å². The van der Waals surface area contributed by atoms with Crippen LogP contribution < -0.4 is 10.6 Å². The van der Waals surface area contributed by atoms with Gasteiger partial charge in [0.15, 0.2) is 17.0 Å². The van der Waals surface area contributed by atoms with E-state index in [1.807, 2.05) is 36.4 Å².